The fraction of sp³-hybridized carbons (Fsp3) is 0.541. The molecule has 4 aliphatic rings. The second-order valence-electron chi connectivity index (χ2n) is 14.7. The Bertz CT molecular complexity index is 2040. The van der Waals surface area contributed by atoms with Gasteiger partial charge in [-0.1, -0.05) is 26.0 Å². The van der Waals surface area contributed by atoms with E-state index in [1.54, 1.807) is 19.1 Å². The van der Waals surface area contributed by atoms with Crippen LogP contribution in [-0.4, -0.2) is 96.2 Å². The van der Waals surface area contributed by atoms with Crippen LogP contribution in [-0.2, 0) is 19.6 Å². The highest BCUT2D eigenvalue weighted by Gasteiger charge is 2.62. The van der Waals surface area contributed by atoms with Crippen molar-refractivity contribution < 1.29 is 32.3 Å². The van der Waals surface area contributed by atoms with Crippen LogP contribution >= 0.6 is 11.3 Å². The summed E-state index contributed by atoms with van der Waals surface area (Å²) in [5.41, 5.74) is 1.71. The van der Waals surface area contributed by atoms with E-state index >= 15 is 0 Å². The number of carbonyl (C=O) groups excluding carboxylic acids is 3. The summed E-state index contributed by atoms with van der Waals surface area (Å²) < 4.78 is 40.1. The maximum absolute atomic E-state index is 14.2. The fourth-order valence-electron chi connectivity index (χ4n) is 7.16. The number of ether oxygens (including phenoxy) is 2. The number of hydrogen-bond donors (Lipinski definition) is 2. The highest BCUT2D eigenvalue weighted by Crippen LogP contribution is 2.46. The Morgan fingerprint density at radius 1 is 1.15 bits per heavy atom. The van der Waals surface area contributed by atoms with Gasteiger partial charge in [-0.25, -0.2) is 23.2 Å². The predicted octanol–water partition coefficient (Wildman–Crippen LogP) is 4.90. The Hall–Kier alpha value is -4.24. The number of sulfonamides is 1. The lowest BCUT2D eigenvalue weighted by Crippen LogP contribution is -2.57. The Balaban J connectivity index is 1.21. The van der Waals surface area contributed by atoms with Gasteiger partial charge in [0.2, 0.25) is 15.9 Å². The number of benzene rings is 1. The number of pyridine rings is 1. The van der Waals surface area contributed by atoms with E-state index in [4.69, 9.17) is 19.4 Å². The minimum absolute atomic E-state index is 0.0672. The van der Waals surface area contributed by atoms with E-state index < -0.39 is 44.9 Å². The van der Waals surface area contributed by atoms with E-state index in [9.17, 15) is 22.8 Å². The first-order valence-electron chi connectivity index (χ1n) is 18.0. The number of nitrogens with one attached hydrogen (secondary N) is 2. The number of nitrogens with zero attached hydrogens (tertiary/aromatic N) is 4. The molecule has 0 bridgehead atoms. The molecule has 3 fully saturated rings. The second-order valence-corrected chi connectivity index (χ2v) is 17.6. The first kappa shape index (κ1) is 36.1. The highest BCUT2D eigenvalue weighted by atomic mass is 32.2. The van der Waals surface area contributed by atoms with E-state index in [0.29, 0.717) is 42.1 Å². The molecular weight excluding hydrogens is 705 g/mol. The molecule has 4 atom stereocenters. The summed E-state index contributed by atoms with van der Waals surface area (Å²) in [5.74, 6) is 0.135. The second kappa shape index (κ2) is 14.0. The van der Waals surface area contributed by atoms with Gasteiger partial charge < -0.3 is 24.6 Å². The molecule has 7 rings (SSSR count). The zero-order chi connectivity index (χ0) is 36.9. The Morgan fingerprint density at radius 3 is 2.65 bits per heavy atom. The van der Waals surface area contributed by atoms with Gasteiger partial charge in [0.05, 0.1) is 30.1 Å². The Kier molecular flexibility index (Phi) is 9.70. The van der Waals surface area contributed by atoms with E-state index in [0.717, 1.165) is 40.9 Å². The van der Waals surface area contributed by atoms with Crippen LogP contribution in [0, 0.1) is 12.8 Å². The zero-order valence-corrected chi connectivity index (χ0v) is 31.8. The van der Waals surface area contributed by atoms with Gasteiger partial charge in [-0.15, -0.1) is 11.3 Å². The summed E-state index contributed by atoms with van der Waals surface area (Å²) in [5, 5.41) is 5.83. The molecule has 13 nitrogen and oxygen atoms in total. The molecular formula is C37H46N6O7S2. The molecule has 0 radical (unpaired) electrons. The number of fused-ring (bicyclic) bond motifs is 3. The number of allylic oxidation sites excluding steroid dienone is 1. The molecule has 1 aromatic carbocycles. The molecule has 2 aromatic heterocycles. The summed E-state index contributed by atoms with van der Waals surface area (Å²) in [6.07, 6.45) is 7.11. The summed E-state index contributed by atoms with van der Waals surface area (Å²) in [6, 6.07) is 4.14. The molecule has 4 heterocycles. The van der Waals surface area contributed by atoms with Crippen molar-refractivity contribution in [1.82, 2.24) is 29.8 Å². The lowest BCUT2D eigenvalue weighted by atomic mass is 10.1. The quantitative estimate of drug-likeness (QED) is 0.306. The monoisotopic (exact) mass is 750 g/mol. The predicted molar refractivity (Wildman–Crippen MR) is 198 cm³/mol. The molecule has 15 heteroatoms. The van der Waals surface area contributed by atoms with Crippen LogP contribution in [0.4, 0.5) is 4.79 Å². The van der Waals surface area contributed by atoms with Crippen LogP contribution in [0.1, 0.15) is 76.0 Å². The van der Waals surface area contributed by atoms with E-state index in [-0.39, 0.29) is 37.1 Å². The maximum Gasteiger partial charge on any atom is 0.319 e. The number of thiazole rings is 1. The molecule has 2 N–H and O–H groups in total. The lowest BCUT2D eigenvalue weighted by molar-refractivity contribution is -0.134. The van der Waals surface area contributed by atoms with Crippen LogP contribution in [0.3, 0.4) is 0 Å². The van der Waals surface area contributed by atoms with Crippen molar-refractivity contribution in [2.45, 2.75) is 94.6 Å². The van der Waals surface area contributed by atoms with Gasteiger partial charge in [-0.2, -0.15) is 0 Å². The van der Waals surface area contributed by atoms with Gasteiger partial charge in [-0.3, -0.25) is 14.3 Å². The van der Waals surface area contributed by atoms with Gasteiger partial charge in [0.1, 0.15) is 39.9 Å². The summed E-state index contributed by atoms with van der Waals surface area (Å²) in [4.78, 5) is 54.7. The molecule has 4 amide bonds. The van der Waals surface area contributed by atoms with Crippen molar-refractivity contribution in [1.29, 1.82) is 0 Å². The third-order valence-corrected chi connectivity index (χ3v) is 13.3. The lowest BCUT2D eigenvalue weighted by Gasteiger charge is -2.30. The molecule has 2 aliphatic carbocycles. The largest absolute Gasteiger partial charge is 0.496 e. The summed E-state index contributed by atoms with van der Waals surface area (Å²) in [6.45, 7) is 6.72. The van der Waals surface area contributed by atoms with Gasteiger partial charge in [0, 0.05) is 48.3 Å². The topological polar surface area (TPSA) is 160 Å². The van der Waals surface area contributed by atoms with Gasteiger partial charge in [-0.05, 0) is 63.5 Å². The molecule has 2 saturated carbocycles. The number of likely N-dealkylation sites (N-methyl/N-ethyl adjacent to an activating group) is 1. The van der Waals surface area contributed by atoms with Gasteiger partial charge >= 0.3 is 6.03 Å². The standard InChI is InChI=1S/C37H46N6O7S2/c1-21(2)28-20-51-33(39-28)27-17-31(26-13-14-30(49-5)22(3)32(26)38-27)50-24-16-29-34(44)42(4)15-9-7-6-8-10-23-18-37(23,40-36(46)43(29)19-24)35(45)41-52(47,48)25-11-12-25/h8,10,13-14,17,20-21,23-25,29H,6-7,9,11-12,15-16,18-19H2,1-5H3,(H,40,46)(H,41,45)/b10-8-/t23-,24+,29+,37-/m1/s1. The number of urea groups is 1. The number of rotatable bonds is 8. The van der Waals surface area contributed by atoms with Crippen LogP contribution in [0.5, 0.6) is 11.5 Å². The van der Waals surface area contributed by atoms with Crippen molar-refractivity contribution >= 4 is 50.1 Å². The van der Waals surface area contributed by atoms with Gasteiger partial charge in [0.25, 0.3) is 5.91 Å². The van der Waals surface area contributed by atoms with Crippen molar-refractivity contribution in [3.05, 3.63) is 47.0 Å². The summed E-state index contributed by atoms with van der Waals surface area (Å²) in [7, 11) is -0.491. The molecule has 0 spiro atoms. The maximum atomic E-state index is 14.2. The third-order valence-electron chi connectivity index (χ3n) is 10.6. The van der Waals surface area contributed by atoms with E-state index in [1.165, 1.54) is 16.2 Å². The first-order chi connectivity index (χ1) is 24.8. The van der Waals surface area contributed by atoms with Gasteiger partial charge in [0.15, 0.2) is 0 Å². The minimum atomic E-state index is -3.84. The average molecular weight is 751 g/mol. The minimum Gasteiger partial charge on any atom is -0.496 e. The molecule has 1 saturated heterocycles. The van der Waals surface area contributed by atoms with Crippen molar-refractivity contribution in [2.24, 2.45) is 5.92 Å². The van der Waals surface area contributed by atoms with Crippen LogP contribution in [0.2, 0.25) is 0 Å². The number of methoxy groups -OCH3 is 1. The number of aromatic nitrogens is 2. The fourth-order valence-corrected chi connectivity index (χ4v) is 9.46. The Morgan fingerprint density at radius 2 is 1.94 bits per heavy atom. The van der Waals surface area contributed by atoms with Crippen molar-refractivity contribution in [3.8, 4) is 22.2 Å². The number of carbonyl (C=O) groups is 3. The molecule has 2 aliphatic heterocycles. The normalized spacial score (nSPS) is 26.0. The molecule has 52 heavy (non-hydrogen) atoms. The third kappa shape index (κ3) is 6.96. The van der Waals surface area contributed by atoms with E-state index in [1.807, 2.05) is 42.7 Å². The van der Waals surface area contributed by atoms with Crippen LogP contribution in [0.25, 0.3) is 21.6 Å². The zero-order valence-electron chi connectivity index (χ0n) is 30.2. The highest BCUT2D eigenvalue weighted by molar-refractivity contribution is 7.91. The molecule has 3 aromatic rings. The average Bonchev–Trinajstić information content (AvgIpc) is 3.98. The van der Waals surface area contributed by atoms with Crippen molar-refractivity contribution in [2.75, 3.05) is 27.2 Å². The van der Waals surface area contributed by atoms with Crippen LogP contribution < -0.4 is 19.5 Å². The Labute approximate surface area is 308 Å². The molecule has 278 valence electrons. The SMILES string of the molecule is COc1ccc2c(O[C@H]3C[C@H]4C(=O)N(C)CCCC/C=C\[C@@H]5C[C@@]5(C(=O)NS(=O)(=O)C5CC5)NC(=O)N4C3)cc(-c3nc(C(C)C)cs3)nc2c1C. The smallest absolute Gasteiger partial charge is 0.319 e. The van der Waals surface area contributed by atoms with Crippen LogP contribution in [0.15, 0.2) is 35.7 Å². The van der Waals surface area contributed by atoms with Crippen molar-refractivity contribution in [3.63, 3.8) is 0 Å². The first-order valence-corrected chi connectivity index (χ1v) is 20.4. The number of hydrogen-bond acceptors (Lipinski definition) is 10. The molecule has 0 unspecified atom stereocenters. The van der Waals surface area contributed by atoms with E-state index in [2.05, 4.69) is 23.9 Å². The number of amides is 4. The summed E-state index contributed by atoms with van der Waals surface area (Å²) >= 11 is 1.51. The number of aryl methyl sites for hydroxylation is 1.